The standard InChI is InChI=1S/C16H15ClFNO3/c1-3-22-14-8-10(7-13(17)15(14)21-2)16(20)19-12-6-4-5-11(18)9-12/h4-9H,3H2,1-2H3,(H,19,20). The molecular weight excluding hydrogens is 309 g/mol. The molecule has 2 aromatic carbocycles. The van der Waals surface area contributed by atoms with Gasteiger partial charge in [-0.1, -0.05) is 17.7 Å². The molecule has 1 amide bonds. The van der Waals surface area contributed by atoms with Crippen LogP contribution in [0.4, 0.5) is 10.1 Å². The highest BCUT2D eigenvalue weighted by Gasteiger charge is 2.16. The third-order valence-electron chi connectivity index (χ3n) is 2.86. The number of amides is 1. The first-order valence-corrected chi connectivity index (χ1v) is 7.00. The minimum absolute atomic E-state index is 0.262. The largest absolute Gasteiger partial charge is 0.491 e. The monoisotopic (exact) mass is 323 g/mol. The third kappa shape index (κ3) is 3.68. The first kappa shape index (κ1) is 16.1. The normalized spacial score (nSPS) is 10.2. The number of ether oxygens (including phenoxy) is 2. The van der Waals surface area contributed by atoms with Crippen LogP contribution in [-0.4, -0.2) is 19.6 Å². The molecule has 6 heteroatoms. The molecular formula is C16H15ClFNO3. The molecule has 0 aliphatic carbocycles. The van der Waals surface area contributed by atoms with Crippen molar-refractivity contribution in [1.82, 2.24) is 0 Å². The summed E-state index contributed by atoms with van der Waals surface area (Å²) in [5.41, 5.74) is 0.647. The van der Waals surface area contributed by atoms with Crippen molar-refractivity contribution in [3.05, 3.63) is 52.8 Å². The van der Waals surface area contributed by atoms with Gasteiger partial charge in [0.15, 0.2) is 11.5 Å². The molecule has 0 saturated carbocycles. The first-order valence-electron chi connectivity index (χ1n) is 6.62. The van der Waals surface area contributed by atoms with E-state index in [1.807, 2.05) is 6.92 Å². The van der Waals surface area contributed by atoms with Crippen molar-refractivity contribution in [2.24, 2.45) is 0 Å². The van der Waals surface area contributed by atoms with Crippen LogP contribution in [0.3, 0.4) is 0 Å². The van der Waals surface area contributed by atoms with Gasteiger partial charge in [-0.2, -0.15) is 0 Å². The van der Waals surface area contributed by atoms with Crippen LogP contribution in [0, 0.1) is 5.82 Å². The molecule has 0 fully saturated rings. The van der Waals surface area contributed by atoms with Crippen LogP contribution < -0.4 is 14.8 Å². The summed E-state index contributed by atoms with van der Waals surface area (Å²) in [4.78, 5) is 12.2. The number of nitrogens with one attached hydrogen (secondary N) is 1. The maximum atomic E-state index is 13.1. The molecule has 116 valence electrons. The topological polar surface area (TPSA) is 47.6 Å². The first-order chi connectivity index (χ1) is 10.5. The molecule has 0 aromatic heterocycles. The molecule has 0 radical (unpaired) electrons. The Morgan fingerprint density at radius 2 is 2.09 bits per heavy atom. The Bertz CT molecular complexity index is 691. The summed E-state index contributed by atoms with van der Waals surface area (Å²) in [7, 11) is 1.47. The van der Waals surface area contributed by atoms with Gasteiger partial charge in [-0.25, -0.2) is 4.39 Å². The minimum Gasteiger partial charge on any atom is -0.491 e. The Kier molecular flexibility index (Phi) is 5.22. The van der Waals surface area contributed by atoms with E-state index in [0.29, 0.717) is 29.4 Å². The zero-order valence-corrected chi connectivity index (χ0v) is 12.9. The van der Waals surface area contributed by atoms with Gasteiger partial charge in [0.2, 0.25) is 0 Å². The number of hydrogen-bond donors (Lipinski definition) is 1. The molecule has 0 heterocycles. The second kappa shape index (κ2) is 7.13. The second-order valence-electron chi connectivity index (χ2n) is 4.39. The number of hydrogen-bond acceptors (Lipinski definition) is 3. The summed E-state index contributed by atoms with van der Waals surface area (Å²) in [6, 6.07) is 8.63. The van der Waals surface area contributed by atoms with E-state index in [9.17, 15) is 9.18 Å². The van der Waals surface area contributed by atoms with Crippen molar-refractivity contribution in [2.75, 3.05) is 19.0 Å². The number of rotatable bonds is 5. The second-order valence-corrected chi connectivity index (χ2v) is 4.79. The van der Waals surface area contributed by atoms with Gasteiger partial charge < -0.3 is 14.8 Å². The molecule has 2 aromatic rings. The average Bonchev–Trinajstić information content (AvgIpc) is 2.47. The molecule has 0 bridgehead atoms. The van der Waals surface area contributed by atoms with Crippen LogP contribution >= 0.6 is 11.6 Å². The molecule has 0 unspecified atom stereocenters. The summed E-state index contributed by atoms with van der Waals surface area (Å²) < 4.78 is 23.7. The van der Waals surface area contributed by atoms with Crippen LogP contribution in [0.25, 0.3) is 0 Å². The van der Waals surface area contributed by atoms with E-state index < -0.39 is 11.7 Å². The van der Waals surface area contributed by atoms with E-state index >= 15 is 0 Å². The molecule has 2 rings (SSSR count). The zero-order chi connectivity index (χ0) is 16.1. The molecule has 0 atom stereocenters. The maximum absolute atomic E-state index is 13.1. The Morgan fingerprint density at radius 3 is 2.73 bits per heavy atom. The van der Waals surface area contributed by atoms with Crippen molar-refractivity contribution in [1.29, 1.82) is 0 Å². The number of benzene rings is 2. The summed E-state index contributed by atoms with van der Waals surface area (Å²) in [5, 5.41) is 2.86. The van der Waals surface area contributed by atoms with Gasteiger partial charge in [-0.15, -0.1) is 0 Å². The Morgan fingerprint density at radius 1 is 1.32 bits per heavy atom. The number of methoxy groups -OCH3 is 1. The fourth-order valence-electron chi connectivity index (χ4n) is 1.93. The highest BCUT2D eigenvalue weighted by molar-refractivity contribution is 6.32. The number of halogens is 2. The molecule has 0 saturated heterocycles. The van der Waals surface area contributed by atoms with E-state index in [1.165, 1.54) is 37.4 Å². The van der Waals surface area contributed by atoms with E-state index in [1.54, 1.807) is 6.07 Å². The van der Waals surface area contributed by atoms with E-state index in [0.717, 1.165) is 0 Å². The average molecular weight is 324 g/mol. The van der Waals surface area contributed by atoms with Gasteiger partial charge >= 0.3 is 0 Å². The molecule has 0 aliphatic rings. The SMILES string of the molecule is CCOc1cc(C(=O)Nc2cccc(F)c2)cc(Cl)c1OC. The highest BCUT2D eigenvalue weighted by Crippen LogP contribution is 2.36. The molecule has 0 spiro atoms. The molecule has 0 aliphatic heterocycles. The van der Waals surface area contributed by atoms with Gasteiger partial charge in [-0.05, 0) is 37.3 Å². The fraction of sp³-hybridized carbons (Fsp3) is 0.188. The van der Waals surface area contributed by atoms with Gasteiger partial charge in [0.05, 0.1) is 18.7 Å². The van der Waals surface area contributed by atoms with E-state index in [4.69, 9.17) is 21.1 Å². The quantitative estimate of drug-likeness (QED) is 0.899. The minimum atomic E-state index is -0.430. The van der Waals surface area contributed by atoms with Crippen LogP contribution in [0.15, 0.2) is 36.4 Å². The lowest BCUT2D eigenvalue weighted by molar-refractivity contribution is 0.102. The lowest BCUT2D eigenvalue weighted by Gasteiger charge is -2.13. The number of carbonyl (C=O) groups is 1. The summed E-state index contributed by atoms with van der Waals surface area (Å²) >= 11 is 6.10. The molecule has 1 N–H and O–H groups in total. The van der Waals surface area contributed by atoms with Crippen LogP contribution in [0.1, 0.15) is 17.3 Å². The van der Waals surface area contributed by atoms with Crippen molar-refractivity contribution in [3.63, 3.8) is 0 Å². The summed E-state index contributed by atoms with van der Waals surface area (Å²) in [5.74, 6) is -0.107. The van der Waals surface area contributed by atoms with Crippen LogP contribution in [0.2, 0.25) is 5.02 Å². The van der Waals surface area contributed by atoms with Crippen molar-refractivity contribution in [2.45, 2.75) is 6.92 Å². The smallest absolute Gasteiger partial charge is 0.255 e. The Labute approximate surface area is 132 Å². The maximum Gasteiger partial charge on any atom is 0.255 e. The third-order valence-corrected chi connectivity index (χ3v) is 3.14. The van der Waals surface area contributed by atoms with Gasteiger partial charge in [0.25, 0.3) is 5.91 Å². The lowest BCUT2D eigenvalue weighted by Crippen LogP contribution is -2.12. The van der Waals surface area contributed by atoms with Crippen molar-refractivity contribution < 1.29 is 18.7 Å². The van der Waals surface area contributed by atoms with E-state index in [2.05, 4.69) is 5.32 Å². The number of anilines is 1. The summed E-state index contributed by atoms with van der Waals surface area (Å²) in [6.07, 6.45) is 0. The van der Waals surface area contributed by atoms with Crippen molar-refractivity contribution in [3.8, 4) is 11.5 Å². The van der Waals surface area contributed by atoms with Gasteiger partial charge in [0.1, 0.15) is 5.82 Å². The predicted molar refractivity (Wildman–Crippen MR) is 83.5 cm³/mol. The zero-order valence-electron chi connectivity index (χ0n) is 12.2. The number of carbonyl (C=O) groups excluding carboxylic acids is 1. The van der Waals surface area contributed by atoms with Crippen LogP contribution in [-0.2, 0) is 0 Å². The van der Waals surface area contributed by atoms with Gasteiger partial charge in [0, 0.05) is 11.3 Å². The Balaban J connectivity index is 2.29. The van der Waals surface area contributed by atoms with E-state index in [-0.39, 0.29) is 5.02 Å². The fourth-order valence-corrected chi connectivity index (χ4v) is 2.22. The summed E-state index contributed by atoms with van der Waals surface area (Å²) in [6.45, 7) is 2.22. The van der Waals surface area contributed by atoms with Crippen molar-refractivity contribution >= 4 is 23.2 Å². The molecule has 22 heavy (non-hydrogen) atoms. The highest BCUT2D eigenvalue weighted by atomic mass is 35.5. The lowest BCUT2D eigenvalue weighted by atomic mass is 10.1. The molecule has 4 nitrogen and oxygen atoms in total. The Hall–Kier alpha value is -2.27. The van der Waals surface area contributed by atoms with Crippen LogP contribution in [0.5, 0.6) is 11.5 Å². The predicted octanol–water partition coefficient (Wildman–Crippen LogP) is 4.14. The van der Waals surface area contributed by atoms with Gasteiger partial charge in [-0.3, -0.25) is 4.79 Å².